The van der Waals surface area contributed by atoms with Gasteiger partial charge in [-0.05, 0) is 18.2 Å². The van der Waals surface area contributed by atoms with Gasteiger partial charge in [0, 0.05) is 29.0 Å². The lowest BCUT2D eigenvalue weighted by molar-refractivity contribution is -0.113. The van der Waals surface area contributed by atoms with Gasteiger partial charge < -0.3 is 9.88 Å². The number of carbonyl (C=O) groups excluding carboxylic acids is 1. The van der Waals surface area contributed by atoms with Crippen LogP contribution in [0.3, 0.4) is 0 Å². The Morgan fingerprint density at radius 3 is 2.57 bits per heavy atom. The topological polar surface area (TPSA) is 34.0 Å². The molecule has 6 heteroatoms. The van der Waals surface area contributed by atoms with Gasteiger partial charge in [-0.25, -0.2) is 0 Å². The molecule has 0 aliphatic carbocycles. The van der Waals surface area contributed by atoms with Crippen LogP contribution in [0, 0.1) is 0 Å². The zero-order valence-electron chi connectivity index (χ0n) is 12.3. The van der Waals surface area contributed by atoms with Crippen molar-refractivity contribution in [2.24, 2.45) is 7.05 Å². The number of aryl methyl sites for hydroxylation is 1. The first kappa shape index (κ1) is 16.2. The molecule has 0 fully saturated rings. The maximum atomic E-state index is 12.2. The Morgan fingerprint density at radius 2 is 1.83 bits per heavy atom. The van der Waals surface area contributed by atoms with Crippen LogP contribution in [0.15, 0.2) is 53.6 Å². The van der Waals surface area contributed by atoms with Crippen molar-refractivity contribution < 1.29 is 4.79 Å². The minimum Gasteiger partial charge on any atom is -0.349 e. The Morgan fingerprint density at radius 1 is 1.13 bits per heavy atom. The summed E-state index contributed by atoms with van der Waals surface area (Å²) < 4.78 is 2.06. The van der Waals surface area contributed by atoms with Crippen LogP contribution in [0.5, 0.6) is 0 Å². The van der Waals surface area contributed by atoms with Gasteiger partial charge >= 0.3 is 0 Å². The number of nitrogens with one attached hydrogen (secondary N) is 1. The molecule has 0 saturated carbocycles. The zero-order chi connectivity index (χ0) is 16.4. The van der Waals surface area contributed by atoms with Crippen LogP contribution < -0.4 is 5.32 Å². The largest absolute Gasteiger partial charge is 0.349 e. The van der Waals surface area contributed by atoms with Gasteiger partial charge in [0.05, 0.1) is 21.5 Å². The molecular weight excluding hydrogens is 351 g/mol. The lowest BCUT2D eigenvalue weighted by atomic mass is 10.2. The average Bonchev–Trinajstić information content (AvgIpc) is 2.86. The second kappa shape index (κ2) is 6.87. The number of halogens is 2. The molecule has 118 valence electrons. The second-order valence-electron chi connectivity index (χ2n) is 5.05. The fourth-order valence-electron chi connectivity index (χ4n) is 2.36. The molecule has 0 aliphatic rings. The molecule has 0 saturated heterocycles. The van der Waals surface area contributed by atoms with E-state index in [1.165, 1.54) is 11.8 Å². The first-order chi connectivity index (χ1) is 11.1. The minimum absolute atomic E-state index is 0.141. The first-order valence-electron chi connectivity index (χ1n) is 6.97. The van der Waals surface area contributed by atoms with Crippen molar-refractivity contribution in [2.45, 2.75) is 4.90 Å². The number of aromatic nitrogens is 1. The number of amides is 1. The smallest absolute Gasteiger partial charge is 0.234 e. The summed E-state index contributed by atoms with van der Waals surface area (Å²) in [7, 11) is 2.00. The van der Waals surface area contributed by atoms with Crippen molar-refractivity contribution in [3.63, 3.8) is 0 Å². The lowest BCUT2D eigenvalue weighted by Gasteiger charge is -2.08. The molecule has 3 aromatic rings. The molecular formula is C17H14Cl2N2OS. The van der Waals surface area contributed by atoms with Crippen molar-refractivity contribution in [2.75, 3.05) is 11.1 Å². The maximum absolute atomic E-state index is 12.2. The third-order valence-corrected chi connectivity index (χ3v) is 5.12. The molecule has 3 rings (SSSR count). The van der Waals surface area contributed by atoms with Crippen molar-refractivity contribution in [3.8, 4) is 0 Å². The molecule has 0 bridgehead atoms. The summed E-state index contributed by atoms with van der Waals surface area (Å²) in [6.07, 6.45) is 2.03. The molecule has 0 radical (unpaired) electrons. The second-order valence-corrected chi connectivity index (χ2v) is 6.89. The summed E-state index contributed by atoms with van der Waals surface area (Å²) in [6, 6.07) is 13.2. The maximum Gasteiger partial charge on any atom is 0.234 e. The van der Waals surface area contributed by atoms with E-state index in [1.807, 2.05) is 25.4 Å². The van der Waals surface area contributed by atoms with E-state index >= 15 is 0 Å². The van der Waals surface area contributed by atoms with Crippen LogP contribution in [-0.2, 0) is 11.8 Å². The molecule has 3 nitrogen and oxygen atoms in total. The van der Waals surface area contributed by atoms with Gasteiger partial charge in [0.1, 0.15) is 0 Å². The normalized spacial score (nSPS) is 10.9. The highest BCUT2D eigenvalue weighted by atomic mass is 35.5. The van der Waals surface area contributed by atoms with E-state index in [-0.39, 0.29) is 11.7 Å². The van der Waals surface area contributed by atoms with E-state index in [0.717, 1.165) is 15.8 Å². The third kappa shape index (κ3) is 3.50. The number of hydrogen-bond acceptors (Lipinski definition) is 2. The standard InChI is InChI=1S/C17H14Cl2N2OS/c1-21-9-15(11-5-2-3-8-14(11)21)23-10-16(22)20-17-12(18)6-4-7-13(17)19/h2-9H,10H2,1H3,(H,20,22). The van der Waals surface area contributed by atoms with Crippen molar-refractivity contribution in [1.82, 2.24) is 4.57 Å². The van der Waals surface area contributed by atoms with E-state index < -0.39 is 0 Å². The zero-order valence-corrected chi connectivity index (χ0v) is 14.7. The summed E-state index contributed by atoms with van der Waals surface area (Å²) in [5, 5.41) is 4.78. The van der Waals surface area contributed by atoms with Crippen LogP contribution in [0.4, 0.5) is 5.69 Å². The van der Waals surface area contributed by atoms with Gasteiger partial charge in [-0.3, -0.25) is 4.79 Å². The highest BCUT2D eigenvalue weighted by Crippen LogP contribution is 2.32. The van der Waals surface area contributed by atoms with Crippen LogP contribution in [0.1, 0.15) is 0 Å². The van der Waals surface area contributed by atoms with E-state index in [4.69, 9.17) is 23.2 Å². The number of carbonyl (C=O) groups is 1. The summed E-state index contributed by atoms with van der Waals surface area (Å²) >= 11 is 13.6. The molecule has 1 heterocycles. The van der Waals surface area contributed by atoms with Gasteiger partial charge in [0.25, 0.3) is 0 Å². The molecule has 2 aromatic carbocycles. The minimum atomic E-state index is -0.141. The van der Waals surface area contributed by atoms with E-state index in [2.05, 4.69) is 22.0 Å². The van der Waals surface area contributed by atoms with Gasteiger partial charge in [0.2, 0.25) is 5.91 Å². The molecule has 0 spiro atoms. The molecule has 23 heavy (non-hydrogen) atoms. The number of thioether (sulfide) groups is 1. The number of rotatable bonds is 4. The fourth-order valence-corrected chi connectivity index (χ4v) is 3.77. The Bertz CT molecular complexity index is 856. The monoisotopic (exact) mass is 364 g/mol. The highest BCUT2D eigenvalue weighted by Gasteiger charge is 2.12. The van der Waals surface area contributed by atoms with Gasteiger partial charge in [0.15, 0.2) is 0 Å². The predicted molar refractivity (Wildman–Crippen MR) is 98.7 cm³/mol. The Labute approximate surface area is 148 Å². The Kier molecular flexibility index (Phi) is 4.85. The lowest BCUT2D eigenvalue weighted by Crippen LogP contribution is -2.14. The average molecular weight is 365 g/mol. The van der Waals surface area contributed by atoms with Crippen LogP contribution >= 0.6 is 35.0 Å². The third-order valence-electron chi connectivity index (χ3n) is 3.45. The van der Waals surface area contributed by atoms with Gasteiger partial charge in [-0.1, -0.05) is 47.5 Å². The number of nitrogens with zero attached hydrogens (tertiary/aromatic N) is 1. The highest BCUT2D eigenvalue weighted by molar-refractivity contribution is 8.00. The van der Waals surface area contributed by atoms with Crippen LogP contribution in [0.2, 0.25) is 10.0 Å². The molecule has 0 aliphatic heterocycles. The number of para-hydroxylation sites is 2. The first-order valence-corrected chi connectivity index (χ1v) is 8.71. The summed E-state index contributed by atoms with van der Waals surface area (Å²) in [6.45, 7) is 0. The molecule has 1 amide bonds. The van der Waals surface area contributed by atoms with Crippen molar-refractivity contribution >= 4 is 57.5 Å². The number of hydrogen-bond donors (Lipinski definition) is 1. The summed E-state index contributed by atoms with van der Waals surface area (Å²) in [5.41, 5.74) is 1.60. The quantitative estimate of drug-likeness (QED) is 0.644. The van der Waals surface area contributed by atoms with Gasteiger partial charge in [-0.2, -0.15) is 0 Å². The van der Waals surface area contributed by atoms with E-state index in [9.17, 15) is 4.79 Å². The molecule has 1 aromatic heterocycles. The number of anilines is 1. The van der Waals surface area contributed by atoms with Crippen LogP contribution in [0.25, 0.3) is 10.9 Å². The van der Waals surface area contributed by atoms with Crippen molar-refractivity contribution in [3.05, 3.63) is 58.7 Å². The van der Waals surface area contributed by atoms with Crippen LogP contribution in [-0.4, -0.2) is 16.2 Å². The SMILES string of the molecule is Cn1cc(SCC(=O)Nc2c(Cl)cccc2Cl)c2ccccc21. The number of benzene rings is 2. The van der Waals surface area contributed by atoms with E-state index in [1.54, 1.807) is 18.2 Å². The number of fused-ring (bicyclic) bond motifs is 1. The summed E-state index contributed by atoms with van der Waals surface area (Å²) in [4.78, 5) is 13.2. The molecule has 1 N–H and O–H groups in total. The predicted octanol–water partition coefficient (Wildman–Crippen LogP) is 5.22. The molecule has 0 atom stereocenters. The van der Waals surface area contributed by atoms with Crippen molar-refractivity contribution in [1.29, 1.82) is 0 Å². The summed E-state index contributed by atoms with van der Waals surface area (Å²) in [5.74, 6) is 0.146. The molecule has 0 unspecified atom stereocenters. The Hall–Kier alpha value is -1.62. The fraction of sp³-hybridized carbons (Fsp3) is 0.118. The van der Waals surface area contributed by atoms with Gasteiger partial charge in [-0.15, -0.1) is 11.8 Å². The Balaban J connectivity index is 1.71. The van der Waals surface area contributed by atoms with E-state index in [0.29, 0.717) is 15.7 Å².